The van der Waals surface area contributed by atoms with E-state index in [0.717, 1.165) is 40.9 Å². The number of nitriles is 1. The fourth-order valence-electron chi connectivity index (χ4n) is 4.43. The Kier molecular flexibility index (Phi) is 5.90. The van der Waals surface area contributed by atoms with Gasteiger partial charge in [0.25, 0.3) is 5.56 Å². The van der Waals surface area contributed by atoms with E-state index < -0.39 is 0 Å². The van der Waals surface area contributed by atoms with E-state index in [-0.39, 0.29) is 5.56 Å². The molecule has 172 valence electrons. The van der Waals surface area contributed by atoms with Crippen LogP contribution in [0.15, 0.2) is 77.7 Å². The number of hydrogen-bond donors (Lipinski definition) is 1. The molecule has 2 aromatic heterocycles. The Bertz CT molecular complexity index is 1650. The molecule has 0 spiro atoms. The number of benzene rings is 3. The molecule has 2 heterocycles. The monoisotopic (exact) mass is 459 g/mol. The smallest absolute Gasteiger partial charge is 0.266 e. The zero-order valence-electron chi connectivity index (χ0n) is 19.7. The summed E-state index contributed by atoms with van der Waals surface area (Å²) in [4.78, 5) is 24.0. The molecule has 6 heteroatoms. The molecule has 0 radical (unpaired) electrons. The van der Waals surface area contributed by atoms with Crippen LogP contribution in [-0.2, 0) is 0 Å². The lowest BCUT2D eigenvalue weighted by Gasteiger charge is -2.21. The first-order valence-electron chi connectivity index (χ1n) is 11.7. The number of nitrogens with zero attached hydrogens (tertiary/aromatic N) is 4. The molecule has 5 rings (SSSR count). The maximum absolute atomic E-state index is 13.7. The molecular weight excluding hydrogens is 434 g/mol. The molecule has 0 fully saturated rings. The lowest BCUT2D eigenvalue weighted by molar-refractivity contribution is 0.864. The third-order valence-corrected chi connectivity index (χ3v) is 6.29. The van der Waals surface area contributed by atoms with Crippen LogP contribution < -0.4 is 10.5 Å². The van der Waals surface area contributed by atoms with E-state index in [0.29, 0.717) is 22.3 Å². The topological polar surface area (TPSA) is 77.7 Å². The molecule has 3 aromatic carbocycles. The van der Waals surface area contributed by atoms with Gasteiger partial charge in [0.1, 0.15) is 5.82 Å². The Morgan fingerprint density at radius 3 is 2.51 bits per heavy atom. The molecule has 35 heavy (non-hydrogen) atoms. The van der Waals surface area contributed by atoms with Crippen LogP contribution >= 0.6 is 0 Å². The molecule has 0 aliphatic heterocycles. The Hall–Kier alpha value is -4.63. The number of aromatic amines is 1. The van der Waals surface area contributed by atoms with Crippen molar-refractivity contribution in [3.05, 3.63) is 100 Å². The summed E-state index contributed by atoms with van der Waals surface area (Å²) in [6.07, 6.45) is 5.78. The van der Waals surface area contributed by atoms with E-state index in [9.17, 15) is 10.1 Å². The fraction of sp³-hybridized carbons (Fsp3) is 0.138. The third-order valence-electron chi connectivity index (χ3n) is 6.29. The minimum Gasteiger partial charge on any atom is -0.372 e. The van der Waals surface area contributed by atoms with Crippen molar-refractivity contribution in [1.29, 1.82) is 5.26 Å². The Labute approximate surface area is 203 Å². The van der Waals surface area contributed by atoms with Crippen LogP contribution in [0.25, 0.3) is 39.6 Å². The van der Waals surface area contributed by atoms with Gasteiger partial charge in [0.15, 0.2) is 0 Å². The molecule has 0 bridgehead atoms. The average molecular weight is 460 g/mol. The van der Waals surface area contributed by atoms with Gasteiger partial charge >= 0.3 is 0 Å². The summed E-state index contributed by atoms with van der Waals surface area (Å²) in [5.74, 6) is 0.521. The Morgan fingerprint density at radius 1 is 1.00 bits per heavy atom. The van der Waals surface area contributed by atoms with Gasteiger partial charge in [-0.3, -0.25) is 9.36 Å². The second kappa shape index (κ2) is 9.32. The molecule has 6 nitrogen and oxygen atoms in total. The molecule has 0 unspecified atom stereocenters. The van der Waals surface area contributed by atoms with Gasteiger partial charge in [-0.05, 0) is 80.1 Å². The van der Waals surface area contributed by atoms with Gasteiger partial charge in [-0.25, -0.2) is 4.98 Å². The minimum absolute atomic E-state index is 0.207. The number of H-pyrrole nitrogens is 1. The van der Waals surface area contributed by atoms with Crippen LogP contribution in [0.2, 0.25) is 0 Å². The van der Waals surface area contributed by atoms with Crippen LogP contribution in [0.4, 0.5) is 5.69 Å². The first-order chi connectivity index (χ1) is 17.1. The van der Waals surface area contributed by atoms with Crippen LogP contribution in [0.1, 0.15) is 30.8 Å². The van der Waals surface area contributed by atoms with Crippen molar-refractivity contribution < 1.29 is 0 Å². The van der Waals surface area contributed by atoms with E-state index in [4.69, 9.17) is 4.98 Å². The summed E-state index contributed by atoms with van der Waals surface area (Å²) in [7, 11) is 0. The van der Waals surface area contributed by atoms with Gasteiger partial charge in [-0.15, -0.1) is 0 Å². The summed E-state index contributed by atoms with van der Waals surface area (Å²) >= 11 is 0. The first-order valence-corrected chi connectivity index (χ1v) is 11.7. The van der Waals surface area contributed by atoms with Crippen molar-refractivity contribution in [3.8, 4) is 11.8 Å². The maximum Gasteiger partial charge on any atom is 0.266 e. The van der Waals surface area contributed by atoms with Gasteiger partial charge in [0.05, 0.1) is 28.2 Å². The average Bonchev–Trinajstić information content (AvgIpc) is 3.32. The number of para-hydroxylation sites is 1. The fourth-order valence-corrected chi connectivity index (χ4v) is 4.43. The molecule has 0 saturated carbocycles. The van der Waals surface area contributed by atoms with E-state index >= 15 is 0 Å². The van der Waals surface area contributed by atoms with E-state index in [1.165, 1.54) is 0 Å². The second-order valence-corrected chi connectivity index (χ2v) is 8.27. The summed E-state index contributed by atoms with van der Waals surface area (Å²) in [5.41, 5.74) is 4.67. The molecule has 0 atom stereocenters. The summed E-state index contributed by atoms with van der Waals surface area (Å²) in [6.45, 7) is 6.05. The highest BCUT2D eigenvalue weighted by Crippen LogP contribution is 2.22. The standard InChI is InChI=1S/C29H25N5O/c1-3-33(4-2)22-11-13-23(14-12-22)34-28(16-10-21-19-31-26-8-6-5-7-24(21)26)32-27-15-9-20(18-30)17-25(27)29(34)35/h5-17,19,31H,3-4H2,1-2H3/b16-10+. The largest absolute Gasteiger partial charge is 0.372 e. The SMILES string of the molecule is CCN(CC)c1ccc(-n2c(/C=C/c3c[nH]c4ccccc34)nc3ccc(C#N)cc3c2=O)cc1. The highest BCUT2D eigenvalue weighted by molar-refractivity contribution is 5.91. The van der Waals surface area contributed by atoms with Gasteiger partial charge in [-0.1, -0.05) is 18.2 Å². The summed E-state index contributed by atoms with van der Waals surface area (Å²) < 4.78 is 1.61. The van der Waals surface area contributed by atoms with Gasteiger partial charge < -0.3 is 9.88 Å². The normalized spacial score (nSPS) is 11.3. The molecule has 1 N–H and O–H groups in total. The molecule has 5 aromatic rings. The third kappa shape index (κ3) is 4.09. The minimum atomic E-state index is -0.207. The molecular formula is C29H25N5O. The van der Waals surface area contributed by atoms with Crippen LogP contribution in [0.3, 0.4) is 0 Å². The van der Waals surface area contributed by atoms with Crippen molar-refractivity contribution >= 4 is 39.6 Å². The van der Waals surface area contributed by atoms with Crippen molar-refractivity contribution in [3.63, 3.8) is 0 Å². The lowest BCUT2D eigenvalue weighted by atomic mass is 10.1. The van der Waals surface area contributed by atoms with Crippen molar-refractivity contribution in [2.75, 3.05) is 18.0 Å². The second-order valence-electron chi connectivity index (χ2n) is 8.27. The first kappa shape index (κ1) is 22.2. The van der Waals surface area contributed by atoms with Crippen molar-refractivity contribution in [1.82, 2.24) is 14.5 Å². The predicted octanol–water partition coefficient (Wildman–Crippen LogP) is 5.76. The van der Waals surface area contributed by atoms with Crippen LogP contribution in [-0.4, -0.2) is 27.6 Å². The highest BCUT2D eigenvalue weighted by Gasteiger charge is 2.13. The number of nitrogens with one attached hydrogen (secondary N) is 1. The number of hydrogen-bond acceptors (Lipinski definition) is 4. The number of anilines is 1. The predicted molar refractivity (Wildman–Crippen MR) is 143 cm³/mol. The Morgan fingerprint density at radius 2 is 1.77 bits per heavy atom. The van der Waals surface area contributed by atoms with Crippen molar-refractivity contribution in [2.24, 2.45) is 0 Å². The van der Waals surface area contributed by atoms with E-state index in [1.807, 2.05) is 60.8 Å². The van der Waals surface area contributed by atoms with Gasteiger partial charge in [-0.2, -0.15) is 5.26 Å². The summed E-state index contributed by atoms with van der Waals surface area (Å²) in [6, 6.07) is 23.2. The zero-order chi connectivity index (χ0) is 24.4. The van der Waals surface area contributed by atoms with E-state index in [2.05, 4.69) is 35.9 Å². The quantitative estimate of drug-likeness (QED) is 0.350. The Balaban J connectivity index is 1.68. The van der Waals surface area contributed by atoms with Crippen molar-refractivity contribution in [2.45, 2.75) is 13.8 Å². The maximum atomic E-state index is 13.7. The molecule has 0 saturated heterocycles. The number of fused-ring (bicyclic) bond motifs is 2. The number of aromatic nitrogens is 3. The van der Waals surface area contributed by atoms with Gasteiger partial charge in [0.2, 0.25) is 0 Å². The molecule has 0 aliphatic carbocycles. The zero-order valence-corrected chi connectivity index (χ0v) is 19.7. The van der Waals surface area contributed by atoms with E-state index in [1.54, 1.807) is 22.8 Å². The number of rotatable bonds is 6. The van der Waals surface area contributed by atoms with Crippen LogP contribution in [0, 0.1) is 11.3 Å². The molecule has 0 aliphatic rings. The lowest BCUT2D eigenvalue weighted by Crippen LogP contribution is -2.23. The highest BCUT2D eigenvalue weighted by atomic mass is 16.1. The van der Waals surface area contributed by atoms with Crippen LogP contribution in [0.5, 0.6) is 0 Å². The van der Waals surface area contributed by atoms with Gasteiger partial charge in [0, 0.05) is 35.9 Å². The molecule has 0 amide bonds. The summed E-state index contributed by atoms with van der Waals surface area (Å²) in [5, 5.41) is 10.9.